The topological polar surface area (TPSA) is 146 Å². The largest absolute Gasteiger partial charge is 0.370 e. The van der Waals surface area contributed by atoms with E-state index in [9.17, 15) is 0 Å². The lowest BCUT2D eigenvalue weighted by molar-refractivity contribution is 0.789. The lowest BCUT2D eigenvalue weighted by Gasteiger charge is -2.00. The standard InChI is InChI=1S/C9H11N9/c10-8(11)15-9(12)14-6-2-1-3-7(4-6)18-5-13-16-17-18/h1-5H,(H6,10,11,12,14,15). The van der Waals surface area contributed by atoms with E-state index in [4.69, 9.17) is 17.2 Å². The van der Waals surface area contributed by atoms with Gasteiger partial charge in [0.1, 0.15) is 6.33 Å². The summed E-state index contributed by atoms with van der Waals surface area (Å²) in [6, 6.07) is 7.11. The molecule has 0 radical (unpaired) electrons. The summed E-state index contributed by atoms with van der Waals surface area (Å²) in [4.78, 5) is 7.65. The minimum atomic E-state index is -0.145. The molecule has 0 unspecified atom stereocenters. The van der Waals surface area contributed by atoms with E-state index >= 15 is 0 Å². The molecule has 0 aliphatic rings. The SMILES string of the molecule is NC(N)=NC(N)=Nc1cccc(-n2cnnn2)c1. The first kappa shape index (κ1) is 11.5. The normalized spacial score (nSPS) is 11.2. The van der Waals surface area contributed by atoms with Crippen LogP contribution in [0.3, 0.4) is 0 Å². The Morgan fingerprint density at radius 3 is 2.72 bits per heavy atom. The van der Waals surface area contributed by atoms with Crippen molar-refractivity contribution in [1.82, 2.24) is 20.2 Å². The van der Waals surface area contributed by atoms with E-state index in [0.717, 1.165) is 5.69 Å². The molecule has 0 fully saturated rings. The monoisotopic (exact) mass is 245 g/mol. The summed E-state index contributed by atoms with van der Waals surface area (Å²) in [5.74, 6) is -0.170. The van der Waals surface area contributed by atoms with Crippen molar-refractivity contribution in [1.29, 1.82) is 0 Å². The molecular formula is C9H11N9. The van der Waals surface area contributed by atoms with Gasteiger partial charge in [0, 0.05) is 0 Å². The first-order valence-electron chi connectivity index (χ1n) is 4.92. The molecular weight excluding hydrogens is 234 g/mol. The van der Waals surface area contributed by atoms with Gasteiger partial charge >= 0.3 is 0 Å². The Morgan fingerprint density at radius 2 is 2.06 bits per heavy atom. The molecule has 1 heterocycles. The van der Waals surface area contributed by atoms with E-state index in [1.54, 1.807) is 18.2 Å². The highest BCUT2D eigenvalue weighted by Crippen LogP contribution is 2.16. The van der Waals surface area contributed by atoms with Crippen LogP contribution < -0.4 is 17.2 Å². The number of guanidine groups is 2. The fraction of sp³-hybridized carbons (Fsp3) is 0. The van der Waals surface area contributed by atoms with Crippen LogP contribution in [0.25, 0.3) is 5.69 Å². The highest BCUT2D eigenvalue weighted by molar-refractivity contribution is 5.93. The second kappa shape index (κ2) is 4.91. The zero-order valence-corrected chi connectivity index (χ0v) is 9.30. The molecule has 6 N–H and O–H groups in total. The van der Waals surface area contributed by atoms with Crippen LogP contribution in [0.5, 0.6) is 0 Å². The summed E-state index contributed by atoms with van der Waals surface area (Å²) in [5.41, 5.74) is 17.2. The molecule has 0 bridgehead atoms. The van der Waals surface area contributed by atoms with Crippen molar-refractivity contribution in [2.24, 2.45) is 27.2 Å². The molecule has 0 atom stereocenters. The lowest BCUT2D eigenvalue weighted by Crippen LogP contribution is -2.26. The summed E-state index contributed by atoms with van der Waals surface area (Å²) in [7, 11) is 0. The van der Waals surface area contributed by atoms with Gasteiger partial charge in [0.2, 0.25) is 5.96 Å². The number of benzene rings is 1. The Morgan fingerprint density at radius 1 is 1.22 bits per heavy atom. The Hall–Kier alpha value is -2.97. The van der Waals surface area contributed by atoms with E-state index in [1.807, 2.05) is 6.07 Å². The average molecular weight is 245 g/mol. The Bertz CT molecular complexity index is 580. The van der Waals surface area contributed by atoms with Crippen molar-refractivity contribution in [3.8, 4) is 5.69 Å². The third-order valence-corrected chi connectivity index (χ3v) is 1.93. The van der Waals surface area contributed by atoms with Gasteiger partial charge < -0.3 is 17.2 Å². The van der Waals surface area contributed by atoms with E-state index < -0.39 is 0 Å². The Kier molecular flexibility index (Phi) is 3.14. The summed E-state index contributed by atoms with van der Waals surface area (Å²) in [5, 5.41) is 10.9. The van der Waals surface area contributed by atoms with Crippen LogP contribution in [0.15, 0.2) is 40.6 Å². The third-order valence-electron chi connectivity index (χ3n) is 1.93. The van der Waals surface area contributed by atoms with E-state index in [-0.39, 0.29) is 11.9 Å². The first-order chi connectivity index (χ1) is 8.65. The van der Waals surface area contributed by atoms with Crippen LogP contribution in [-0.4, -0.2) is 32.1 Å². The molecule has 0 aliphatic carbocycles. The van der Waals surface area contributed by atoms with Crippen molar-refractivity contribution in [3.05, 3.63) is 30.6 Å². The molecule has 0 saturated heterocycles. The van der Waals surface area contributed by atoms with Crippen LogP contribution in [0.2, 0.25) is 0 Å². The van der Waals surface area contributed by atoms with Crippen molar-refractivity contribution < 1.29 is 0 Å². The van der Waals surface area contributed by atoms with Crippen molar-refractivity contribution in [2.45, 2.75) is 0 Å². The number of aliphatic imine (C=N–C) groups is 2. The van der Waals surface area contributed by atoms with Gasteiger partial charge in [0.25, 0.3) is 0 Å². The number of nitrogens with two attached hydrogens (primary N) is 3. The van der Waals surface area contributed by atoms with Gasteiger partial charge in [-0.05, 0) is 28.6 Å². The molecule has 2 aromatic rings. The fourth-order valence-corrected chi connectivity index (χ4v) is 1.27. The zero-order valence-electron chi connectivity index (χ0n) is 9.30. The molecule has 1 aromatic heterocycles. The third kappa shape index (κ3) is 2.78. The molecule has 1 aromatic carbocycles. The van der Waals surface area contributed by atoms with Crippen LogP contribution in [0, 0.1) is 0 Å². The van der Waals surface area contributed by atoms with Gasteiger partial charge in [0.05, 0.1) is 11.4 Å². The Labute approximate surface area is 102 Å². The summed E-state index contributed by atoms with van der Waals surface area (Å²) in [6.45, 7) is 0. The zero-order chi connectivity index (χ0) is 13.0. The van der Waals surface area contributed by atoms with Gasteiger partial charge in [-0.1, -0.05) is 6.07 Å². The quantitative estimate of drug-likeness (QED) is 0.451. The minimum Gasteiger partial charge on any atom is -0.370 e. The molecule has 0 aliphatic heterocycles. The summed E-state index contributed by atoms with van der Waals surface area (Å²) in [6.07, 6.45) is 1.47. The van der Waals surface area contributed by atoms with E-state index in [0.29, 0.717) is 5.69 Å². The maximum Gasteiger partial charge on any atom is 0.223 e. The molecule has 18 heavy (non-hydrogen) atoms. The van der Waals surface area contributed by atoms with Crippen molar-refractivity contribution in [3.63, 3.8) is 0 Å². The van der Waals surface area contributed by atoms with Crippen LogP contribution in [-0.2, 0) is 0 Å². The fourth-order valence-electron chi connectivity index (χ4n) is 1.27. The molecule has 0 amide bonds. The summed E-state index contributed by atoms with van der Waals surface area (Å²) >= 11 is 0. The number of tetrazole rings is 1. The minimum absolute atomic E-state index is 0.0242. The van der Waals surface area contributed by atoms with Gasteiger partial charge in [-0.3, -0.25) is 0 Å². The lowest BCUT2D eigenvalue weighted by atomic mass is 10.3. The first-order valence-corrected chi connectivity index (χ1v) is 4.92. The predicted octanol–water partition coefficient (Wildman–Crippen LogP) is -1.12. The van der Waals surface area contributed by atoms with E-state index in [1.165, 1.54) is 11.0 Å². The second-order valence-electron chi connectivity index (χ2n) is 3.28. The van der Waals surface area contributed by atoms with Crippen LogP contribution >= 0.6 is 0 Å². The number of nitrogens with zero attached hydrogens (tertiary/aromatic N) is 6. The van der Waals surface area contributed by atoms with E-state index in [2.05, 4.69) is 25.5 Å². The maximum absolute atomic E-state index is 5.53. The van der Waals surface area contributed by atoms with Crippen LogP contribution in [0.1, 0.15) is 0 Å². The second-order valence-corrected chi connectivity index (χ2v) is 3.28. The average Bonchev–Trinajstić information content (AvgIpc) is 2.81. The number of rotatable bonds is 2. The molecule has 0 saturated carbocycles. The number of hydrogen-bond acceptors (Lipinski definition) is 4. The van der Waals surface area contributed by atoms with Gasteiger partial charge in [-0.2, -0.15) is 4.99 Å². The van der Waals surface area contributed by atoms with Gasteiger partial charge in [-0.25, -0.2) is 9.67 Å². The number of aromatic nitrogens is 4. The molecule has 0 spiro atoms. The molecule has 2 rings (SSSR count). The van der Waals surface area contributed by atoms with Gasteiger partial charge in [-0.15, -0.1) is 5.10 Å². The highest BCUT2D eigenvalue weighted by atomic mass is 15.5. The maximum atomic E-state index is 5.53. The predicted molar refractivity (Wildman–Crippen MR) is 66.2 cm³/mol. The van der Waals surface area contributed by atoms with Crippen molar-refractivity contribution >= 4 is 17.6 Å². The Balaban J connectivity index is 2.31. The molecule has 9 nitrogen and oxygen atoms in total. The highest BCUT2D eigenvalue weighted by Gasteiger charge is 1.99. The number of hydrogen-bond donors (Lipinski definition) is 3. The summed E-state index contributed by atoms with van der Waals surface area (Å²) < 4.78 is 1.50. The van der Waals surface area contributed by atoms with Gasteiger partial charge in [0.15, 0.2) is 5.96 Å². The molecule has 9 heteroatoms. The smallest absolute Gasteiger partial charge is 0.223 e. The van der Waals surface area contributed by atoms with Crippen molar-refractivity contribution in [2.75, 3.05) is 0 Å². The molecule has 92 valence electrons. The van der Waals surface area contributed by atoms with Crippen LogP contribution in [0.4, 0.5) is 5.69 Å².